The molecule has 1 aromatic carbocycles. The number of hydrogen-bond donors (Lipinski definition) is 0. The van der Waals surface area contributed by atoms with Gasteiger partial charge in [0.15, 0.2) is 0 Å². The summed E-state index contributed by atoms with van der Waals surface area (Å²) >= 11 is 0. The van der Waals surface area contributed by atoms with E-state index in [4.69, 9.17) is 4.74 Å². The zero-order valence-corrected chi connectivity index (χ0v) is 15.3. The molecule has 3 rings (SSSR count). The second kappa shape index (κ2) is 8.62. The number of esters is 1. The van der Waals surface area contributed by atoms with Crippen molar-refractivity contribution in [2.75, 3.05) is 26.2 Å². The van der Waals surface area contributed by atoms with Crippen molar-refractivity contribution in [1.82, 2.24) is 9.80 Å². The average molecular weight is 362 g/mol. The third-order valence-electron chi connectivity index (χ3n) is 5.20. The van der Waals surface area contributed by atoms with E-state index >= 15 is 0 Å². The lowest BCUT2D eigenvalue weighted by atomic mass is 9.97. The Hall–Kier alpha value is -1.95. The first kappa shape index (κ1) is 18.8. The lowest BCUT2D eigenvalue weighted by molar-refractivity contribution is -0.151. The van der Waals surface area contributed by atoms with Gasteiger partial charge in [-0.3, -0.25) is 14.5 Å². The second-order valence-corrected chi connectivity index (χ2v) is 7.13. The summed E-state index contributed by atoms with van der Waals surface area (Å²) < 4.78 is 19.0. The topological polar surface area (TPSA) is 49.9 Å². The highest BCUT2D eigenvalue weighted by atomic mass is 19.1. The molecule has 1 aliphatic carbocycles. The summed E-state index contributed by atoms with van der Waals surface area (Å²) in [6.07, 6.45) is 3.43. The minimum Gasteiger partial charge on any atom is -0.466 e. The molecule has 0 N–H and O–H groups in total. The quantitative estimate of drug-likeness (QED) is 0.700. The van der Waals surface area contributed by atoms with Crippen molar-refractivity contribution < 1.29 is 18.7 Å². The van der Waals surface area contributed by atoms with Crippen LogP contribution in [-0.4, -0.2) is 54.0 Å². The van der Waals surface area contributed by atoms with E-state index in [2.05, 4.69) is 4.90 Å². The first-order chi connectivity index (χ1) is 12.6. The average Bonchev–Trinajstić information content (AvgIpc) is 3.48. The summed E-state index contributed by atoms with van der Waals surface area (Å²) in [5.41, 5.74) is 0.633. The molecule has 0 atom stereocenters. The maximum Gasteiger partial charge on any atom is 0.309 e. The molecule has 0 spiro atoms. The Labute approximate surface area is 154 Å². The van der Waals surface area contributed by atoms with Gasteiger partial charge in [0.1, 0.15) is 5.82 Å². The number of hydrogen-bond acceptors (Lipinski definition) is 4. The smallest absolute Gasteiger partial charge is 0.309 e. The maximum absolute atomic E-state index is 13.9. The van der Waals surface area contributed by atoms with Crippen LogP contribution in [0.3, 0.4) is 0 Å². The SMILES string of the molecule is CCOC(=O)C1CCN(C(=O)CN(Cc2ccccc2F)C2CC2)CC1. The van der Waals surface area contributed by atoms with Crippen LogP contribution in [0, 0.1) is 11.7 Å². The number of carbonyl (C=O) groups is 2. The maximum atomic E-state index is 13.9. The molecule has 0 unspecified atom stereocenters. The molecule has 0 bridgehead atoms. The summed E-state index contributed by atoms with van der Waals surface area (Å²) in [5, 5.41) is 0. The van der Waals surface area contributed by atoms with Crippen LogP contribution < -0.4 is 0 Å². The molecule has 1 heterocycles. The fraction of sp³-hybridized carbons (Fsp3) is 0.600. The highest BCUT2D eigenvalue weighted by molar-refractivity contribution is 5.79. The molecule has 0 radical (unpaired) electrons. The molecule has 6 heteroatoms. The highest BCUT2D eigenvalue weighted by Gasteiger charge is 2.33. The van der Waals surface area contributed by atoms with Gasteiger partial charge in [0.05, 0.1) is 19.1 Å². The molecule has 1 saturated heterocycles. The molecule has 5 nitrogen and oxygen atoms in total. The lowest BCUT2D eigenvalue weighted by Gasteiger charge is -2.33. The third-order valence-corrected chi connectivity index (χ3v) is 5.20. The Bertz CT molecular complexity index is 640. The molecule has 1 saturated carbocycles. The van der Waals surface area contributed by atoms with Crippen molar-refractivity contribution in [3.63, 3.8) is 0 Å². The highest BCUT2D eigenvalue weighted by Crippen LogP contribution is 2.29. The van der Waals surface area contributed by atoms with Crippen LogP contribution in [0.25, 0.3) is 0 Å². The largest absolute Gasteiger partial charge is 0.466 e. The first-order valence-corrected chi connectivity index (χ1v) is 9.50. The van der Waals surface area contributed by atoms with Gasteiger partial charge in [-0.1, -0.05) is 18.2 Å². The van der Waals surface area contributed by atoms with Crippen molar-refractivity contribution >= 4 is 11.9 Å². The van der Waals surface area contributed by atoms with E-state index in [1.54, 1.807) is 19.1 Å². The number of nitrogens with zero attached hydrogens (tertiary/aromatic N) is 2. The number of piperidine rings is 1. The van der Waals surface area contributed by atoms with Gasteiger partial charge in [0.2, 0.25) is 5.91 Å². The fourth-order valence-electron chi connectivity index (χ4n) is 3.50. The van der Waals surface area contributed by atoms with Gasteiger partial charge in [-0.2, -0.15) is 0 Å². The minimum absolute atomic E-state index is 0.0653. The number of amides is 1. The predicted octanol–water partition coefficient (Wildman–Crippen LogP) is 2.59. The van der Waals surface area contributed by atoms with E-state index in [-0.39, 0.29) is 23.6 Å². The molecule has 1 aromatic rings. The second-order valence-electron chi connectivity index (χ2n) is 7.13. The Balaban J connectivity index is 1.53. The first-order valence-electron chi connectivity index (χ1n) is 9.50. The van der Waals surface area contributed by atoms with Gasteiger partial charge in [-0.15, -0.1) is 0 Å². The lowest BCUT2D eigenvalue weighted by Crippen LogP contribution is -2.45. The summed E-state index contributed by atoms with van der Waals surface area (Å²) in [6.45, 7) is 4.13. The molecule has 26 heavy (non-hydrogen) atoms. The Kier molecular flexibility index (Phi) is 6.25. The molecule has 2 fully saturated rings. The van der Waals surface area contributed by atoms with Gasteiger partial charge in [0.25, 0.3) is 0 Å². The van der Waals surface area contributed by atoms with Crippen molar-refractivity contribution in [3.8, 4) is 0 Å². The van der Waals surface area contributed by atoms with Crippen molar-refractivity contribution in [2.45, 2.75) is 45.2 Å². The van der Waals surface area contributed by atoms with E-state index in [1.165, 1.54) is 6.07 Å². The van der Waals surface area contributed by atoms with Crippen molar-refractivity contribution in [2.24, 2.45) is 5.92 Å². The van der Waals surface area contributed by atoms with Crippen LogP contribution in [0.1, 0.15) is 38.2 Å². The molecule has 1 aliphatic heterocycles. The van der Waals surface area contributed by atoms with Gasteiger partial charge in [-0.05, 0) is 38.7 Å². The number of halogens is 1. The third kappa shape index (κ3) is 4.81. The monoisotopic (exact) mass is 362 g/mol. The van der Waals surface area contributed by atoms with E-state index in [9.17, 15) is 14.0 Å². The molecule has 2 aliphatic rings. The molecule has 0 aromatic heterocycles. The van der Waals surface area contributed by atoms with Crippen LogP contribution in [0.5, 0.6) is 0 Å². The van der Waals surface area contributed by atoms with Crippen LogP contribution in [0.15, 0.2) is 24.3 Å². The van der Waals surface area contributed by atoms with Gasteiger partial charge in [-0.25, -0.2) is 4.39 Å². The number of ether oxygens (including phenoxy) is 1. The van der Waals surface area contributed by atoms with Crippen LogP contribution in [-0.2, 0) is 20.9 Å². The molecule has 142 valence electrons. The zero-order valence-electron chi connectivity index (χ0n) is 15.3. The molecular formula is C20H27FN2O3. The van der Waals surface area contributed by atoms with Crippen molar-refractivity contribution in [3.05, 3.63) is 35.6 Å². The van der Waals surface area contributed by atoms with E-state index < -0.39 is 0 Å². The number of benzene rings is 1. The number of likely N-dealkylation sites (tertiary alicyclic amines) is 1. The summed E-state index contributed by atoms with van der Waals surface area (Å²) in [5.74, 6) is -0.410. The fourth-order valence-corrected chi connectivity index (χ4v) is 3.50. The van der Waals surface area contributed by atoms with Crippen LogP contribution in [0.2, 0.25) is 0 Å². The van der Waals surface area contributed by atoms with E-state index in [1.807, 2.05) is 11.0 Å². The Morgan fingerprint density at radius 3 is 2.50 bits per heavy atom. The standard InChI is InChI=1S/C20H27FN2O3/c1-2-26-20(25)15-9-11-22(12-10-15)19(24)14-23(17-7-8-17)13-16-5-3-4-6-18(16)21/h3-6,15,17H,2,7-14H2,1H3. The van der Waals surface area contributed by atoms with Gasteiger partial charge < -0.3 is 9.64 Å². The summed E-state index contributed by atoms with van der Waals surface area (Å²) in [4.78, 5) is 28.4. The van der Waals surface area contributed by atoms with Crippen LogP contribution >= 0.6 is 0 Å². The van der Waals surface area contributed by atoms with Crippen molar-refractivity contribution in [1.29, 1.82) is 0 Å². The number of carbonyl (C=O) groups excluding carboxylic acids is 2. The zero-order chi connectivity index (χ0) is 18.5. The van der Waals surface area contributed by atoms with Crippen LogP contribution in [0.4, 0.5) is 4.39 Å². The molecular weight excluding hydrogens is 335 g/mol. The summed E-state index contributed by atoms with van der Waals surface area (Å²) in [7, 11) is 0. The Morgan fingerprint density at radius 1 is 1.19 bits per heavy atom. The normalized spacial score (nSPS) is 18.2. The van der Waals surface area contributed by atoms with E-state index in [0.717, 1.165) is 12.8 Å². The Morgan fingerprint density at radius 2 is 1.88 bits per heavy atom. The predicted molar refractivity (Wildman–Crippen MR) is 95.8 cm³/mol. The van der Waals surface area contributed by atoms with E-state index in [0.29, 0.717) is 57.2 Å². The van der Waals surface area contributed by atoms with Gasteiger partial charge >= 0.3 is 5.97 Å². The van der Waals surface area contributed by atoms with Gasteiger partial charge in [0, 0.05) is 31.2 Å². The minimum atomic E-state index is -0.221. The number of rotatable bonds is 7. The molecule has 1 amide bonds. The summed E-state index contributed by atoms with van der Waals surface area (Å²) in [6, 6.07) is 7.11.